The number of carbonyl (C=O) groups is 1. The van der Waals surface area contributed by atoms with Crippen molar-refractivity contribution in [1.29, 1.82) is 0 Å². The first-order valence-corrected chi connectivity index (χ1v) is 8.74. The summed E-state index contributed by atoms with van der Waals surface area (Å²) in [6.07, 6.45) is 3.76. The van der Waals surface area contributed by atoms with Gasteiger partial charge in [0.15, 0.2) is 0 Å². The normalized spacial score (nSPS) is 21.0. The predicted octanol–water partition coefficient (Wildman–Crippen LogP) is 2.62. The van der Waals surface area contributed by atoms with Crippen molar-refractivity contribution in [3.8, 4) is 0 Å². The van der Waals surface area contributed by atoms with Gasteiger partial charge in [-0.25, -0.2) is 0 Å². The molecule has 2 heterocycles. The molecule has 1 aliphatic rings. The number of hydrogen-bond acceptors (Lipinski definition) is 4. The fourth-order valence-electron chi connectivity index (χ4n) is 3.32. The zero-order chi connectivity index (χ0) is 17.6. The number of morpholine rings is 1. The number of pyridine rings is 1. The van der Waals surface area contributed by atoms with Crippen LogP contribution in [0.15, 0.2) is 48.8 Å². The highest BCUT2D eigenvalue weighted by atomic mass is 16.5. The number of carbonyl (C=O) groups excluding carboxylic acids is 1. The third-order valence-electron chi connectivity index (χ3n) is 4.39. The van der Waals surface area contributed by atoms with Crippen LogP contribution in [0.5, 0.6) is 0 Å². The summed E-state index contributed by atoms with van der Waals surface area (Å²) in [6, 6.07) is 11.7. The lowest BCUT2D eigenvalue weighted by Crippen LogP contribution is -2.45. The van der Waals surface area contributed by atoms with E-state index in [0.717, 1.165) is 25.2 Å². The average Bonchev–Trinajstić information content (AvgIpc) is 2.60. The molecule has 0 unspecified atom stereocenters. The molecule has 1 N–H and O–H groups in total. The van der Waals surface area contributed by atoms with E-state index in [0.29, 0.717) is 12.1 Å². The van der Waals surface area contributed by atoms with Crippen LogP contribution in [0, 0.1) is 0 Å². The van der Waals surface area contributed by atoms with Gasteiger partial charge in [-0.2, -0.15) is 0 Å². The van der Waals surface area contributed by atoms with Crippen molar-refractivity contribution >= 4 is 5.91 Å². The van der Waals surface area contributed by atoms with E-state index in [4.69, 9.17) is 4.74 Å². The third kappa shape index (κ3) is 4.87. The molecule has 25 heavy (non-hydrogen) atoms. The Balaban J connectivity index is 1.64. The summed E-state index contributed by atoms with van der Waals surface area (Å²) in [5.74, 6) is -0.0779. The fraction of sp³-hybridized carbons (Fsp3) is 0.400. The second kappa shape index (κ2) is 8.23. The second-order valence-electron chi connectivity index (χ2n) is 6.64. The summed E-state index contributed by atoms with van der Waals surface area (Å²) in [6.45, 7) is 7.49. The maximum atomic E-state index is 12.2. The average molecular weight is 339 g/mol. The van der Waals surface area contributed by atoms with Crippen LogP contribution in [0.1, 0.15) is 35.3 Å². The molecule has 0 radical (unpaired) electrons. The van der Waals surface area contributed by atoms with E-state index in [2.05, 4.69) is 47.2 Å². The Kier molecular flexibility index (Phi) is 5.79. The molecule has 1 amide bonds. The topological polar surface area (TPSA) is 54.5 Å². The molecular formula is C20H25N3O2. The van der Waals surface area contributed by atoms with E-state index in [9.17, 15) is 4.79 Å². The van der Waals surface area contributed by atoms with Gasteiger partial charge < -0.3 is 10.1 Å². The van der Waals surface area contributed by atoms with Gasteiger partial charge in [0, 0.05) is 44.1 Å². The minimum absolute atomic E-state index is 0.0779. The molecule has 1 aromatic carbocycles. The maximum absolute atomic E-state index is 12.2. The van der Waals surface area contributed by atoms with Crippen LogP contribution in [-0.2, 0) is 17.8 Å². The van der Waals surface area contributed by atoms with Gasteiger partial charge in [0.25, 0.3) is 5.91 Å². The van der Waals surface area contributed by atoms with Crippen LogP contribution >= 0.6 is 0 Å². The van der Waals surface area contributed by atoms with Gasteiger partial charge in [0.2, 0.25) is 0 Å². The highest BCUT2D eigenvalue weighted by molar-refractivity contribution is 5.93. The molecule has 2 aromatic rings. The molecule has 0 bridgehead atoms. The van der Waals surface area contributed by atoms with Crippen molar-refractivity contribution < 1.29 is 9.53 Å². The van der Waals surface area contributed by atoms with Gasteiger partial charge in [-0.1, -0.05) is 24.3 Å². The fourth-order valence-corrected chi connectivity index (χ4v) is 3.32. The summed E-state index contributed by atoms with van der Waals surface area (Å²) < 4.78 is 5.81. The molecular weight excluding hydrogens is 314 g/mol. The minimum Gasteiger partial charge on any atom is -0.373 e. The van der Waals surface area contributed by atoms with Gasteiger partial charge in [-0.05, 0) is 37.1 Å². The molecule has 1 fully saturated rings. The number of benzene rings is 1. The molecule has 0 aliphatic carbocycles. The van der Waals surface area contributed by atoms with Gasteiger partial charge in [0.05, 0.1) is 12.2 Å². The first-order chi connectivity index (χ1) is 12.1. The van der Waals surface area contributed by atoms with E-state index in [-0.39, 0.29) is 18.1 Å². The highest BCUT2D eigenvalue weighted by Crippen LogP contribution is 2.17. The van der Waals surface area contributed by atoms with Crippen molar-refractivity contribution in [3.05, 3.63) is 65.5 Å². The minimum atomic E-state index is -0.0779. The van der Waals surface area contributed by atoms with Crippen LogP contribution in [-0.4, -0.2) is 41.1 Å². The van der Waals surface area contributed by atoms with Crippen LogP contribution in [0.4, 0.5) is 0 Å². The number of amides is 1. The monoisotopic (exact) mass is 339 g/mol. The largest absolute Gasteiger partial charge is 0.373 e. The zero-order valence-corrected chi connectivity index (χ0v) is 14.8. The zero-order valence-electron chi connectivity index (χ0n) is 14.8. The summed E-state index contributed by atoms with van der Waals surface area (Å²) in [4.78, 5) is 18.6. The molecule has 132 valence electrons. The number of nitrogens with one attached hydrogen (secondary N) is 1. The predicted molar refractivity (Wildman–Crippen MR) is 97.1 cm³/mol. The standard InChI is InChI=1S/C20H25N3O2/c1-15-12-23(13-16(2)25-15)14-19-6-4-3-5-18(19)11-22-20(24)17-7-9-21-10-8-17/h3-10,15-16H,11-14H2,1-2H3,(H,22,24)/t15-,16-/m0/s1. The molecule has 3 rings (SSSR count). The first-order valence-electron chi connectivity index (χ1n) is 8.74. The quantitative estimate of drug-likeness (QED) is 0.910. The van der Waals surface area contributed by atoms with Gasteiger partial charge in [-0.15, -0.1) is 0 Å². The first kappa shape index (κ1) is 17.6. The Morgan fingerprint density at radius 3 is 2.44 bits per heavy atom. The van der Waals surface area contributed by atoms with E-state index in [1.807, 2.05) is 6.07 Å². The van der Waals surface area contributed by atoms with Gasteiger partial charge in [0.1, 0.15) is 0 Å². The van der Waals surface area contributed by atoms with E-state index >= 15 is 0 Å². The third-order valence-corrected chi connectivity index (χ3v) is 4.39. The lowest BCUT2D eigenvalue weighted by atomic mass is 10.1. The van der Waals surface area contributed by atoms with Crippen molar-refractivity contribution in [3.63, 3.8) is 0 Å². The van der Waals surface area contributed by atoms with Crippen LogP contribution in [0.25, 0.3) is 0 Å². The maximum Gasteiger partial charge on any atom is 0.251 e. The van der Waals surface area contributed by atoms with Crippen molar-refractivity contribution in [2.45, 2.75) is 39.1 Å². The molecule has 1 aromatic heterocycles. The van der Waals surface area contributed by atoms with E-state index in [1.165, 1.54) is 5.56 Å². The number of rotatable bonds is 5. The highest BCUT2D eigenvalue weighted by Gasteiger charge is 2.22. The van der Waals surface area contributed by atoms with Crippen molar-refractivity contribution in [2.24, 2.45) is 0 Å². The Morgan fingerprint density at radius 1 is 1.12 bits per heavy atom. The Bertz CT molecular complexity index is 695. The molecule has 1 aliphatic heterocycles. The SMILES string of the molecule is C[C@H]1CN(Cc2ccccc2CNC(=O)c2ccncc2)C[C@H](C)O1. The molecule has 5 nitrogen and oxygen atoms in total. The number of aromatic nitrogens is 1. The van der Waals surface area contributed by atoms with Crippen molar-refractivity contribution in [2.75, 3.05) is 13.1 Å². The van der Waals surface area contributed by atoms with Crippen molar-refractivity contribution in [1.82, 2.24) is 15.2 Å². The van der Waals surface area contributed by atoms with Gasteiger partial charge >= 0.3 is 0 Å². The summed E-state index contributed by atoms with van der Waals surface area (Å²) >= 11 is 0. The van der Waals surface area contributed by atoms with Gasteiger partial charge in [-0.3, -0.25) is 14.7 Å². The lowest BCUT2D eigenvalue weighted by molar-refractivity contribution is -0.0705. The summed E-state index contributed by atoms with van der Waals surface area (Å²) in [5.41, 5.74) is 3.03. The molecule has 2 atom stereocenters. The smallest absolute Gasteiger partial charge is 0.251 e. The number of ether oxygens (including phenoxy) is 1. The Hall–Kier alpha value is -2.24. The molecule has 5 heteroatoms. The Morgan fingerprint density at radius 2 is 1.76 bits per heavy atom. The number of nitrogens with zero attached hydrogens (tertiary/aromatic N) is 2. The molecule has 0 saturated carbocycles. The molecule has 0 spiro atoms. The van der Waals surface area contributed by atoms with Crippen LogP contribution < -0.4 is 5.32 Å². The second-order valence-corrected chi connectivity index (χ2v) is 6.64. The van der Waals surface area contributed by atoms with E-state index in [1.54, 1.807) is 24.5 Å². The van der Waals surface area contributed by atoms with Crippen LogP contribution in [0.3, 0.4) is 0 Å². The Labute approximate surface area is 149 Å². The van der Waals surface area contributed by atoms with E-state index < -0.39 is 0 Å². The summed E-state index contributed by atoms with van der Waals surface area (Å²) in [7, 11) is 0. The summed E-state index contributed by atoms with van der Waals surface area (Å²) in [5, 5.41) is 3.00. The molecule has 1 saturated heterocycles. The number of hydrogen-bond donors (Lipinski definition) is 1. The lowest BCUT2D eigenvalue weighted by Gasteiger charge is -2.35. The van der Waals surface area contributed by atoms with Crippen LogP contribution in [0.2, 0.25) is 0 Å².